The number of nitrogens with one attached hydrogen (secondary N) is 1. The maximum absolute atomic E-state index is 12.8. The zero-order valence-corrected chi connectivity index (χ0v) is 14.6. The molecule has 7 heteroatoms. The van der Waals surface area contributed by atoms with Gasteiger partial charge in [-0.25, -0.2) is 4.79 Å². The SMILES string of the molecule is COC(=O)c1cccc(NC(=O)C2(C(=O)N3CCN(C)CC3)CC2)c1. The maximum atomic E-state index is 12.8. The van der Waals surface area contributed by atoms with E-state index in [0.717, 1.165) is 13.1 Å². The summed E-state index contributed by atoms with van der Waals surface area (Å²) in [6.45, 7) is 2.96. The average molecular weight is 345 g/mol. The van der Waals surface area contributed by atoms with Crippen molar-refractivity contribution in [3.05, 3.63) is 29.8 Å². The molecular formula is C18H23N3O4. The van der Waals surface area contributed by atoms with Crippen LogP contribution < -0.4 is 5.32 Å². The highest BCUT2D eigenvalue weighted by Crippen LogP contribution is 2.48. The molecule has 1 aliphatic heterocycles. The van der Waals surface area contributed by atoms with Gasteiger partial charge >= 0.3 is 5.97 Å². The molecule has 0 aromatic heterocycles. The third kappa shape index (κ3) is 3.51. The van der Waals surface area contributed by atoms with Gasteiger partial charge in [0.15, 0.2) is 0 Å². The van der Waals surface area contributed by atoms with Gasteiger partial charge in [-0.05, 0) is 38.1 Å². The van der Waals surface area contributed by atoms with Crippen LogP contribution in [0.3, 0.4) is 0 Å². The Bertz CT molecular complexity index is 691. The number of hydrogen-bond acceptors (Lipinski definition) is 5. The van der Waals surface area contributed by atoms with Crippen molar-refractivity contribution in [3.8, 4) is 0 Å². The highest BCUT2D eigenvalue weighted by Gasteiger charge is 2.58. The Balaban J connectivity index is 1.68. The van der Waals surface area contributed by atoms with Crippen molar-refractivity contribution in [1.82, 2.24) is 9.80 Å². The van der Waals surface area contributed by atoms with Gasteiger partial charge in [0.1, 0.15) is 5.41 Å². The molecule has 0 bridgehead atoms. The first kappa shape index (κ1) is 17.4. The fourth-order valence-corrected chi connectivity index (χ4v) is 3.07. The van der Waals surface area contributed by atoms with Crippen molar-refractivity contribution in [3.63, 3.8) is 0 Å². The molecule has 3 rings (SSSR count). The second-order valence-electron chi connectivity index (χ2n) is 6.70. The normalized spacial score (nSPS) is 19.2. The van der Waals surface area contributed by atoms with Crippen molar-refractivity contribution < 1.29 is 19.1 Å². The molecule has 1 saturated heterocycles. The molecule has 1 aromatic rings. The highest BCUT2D eigenvalue weighted by atomic mass is 16.5. The van der Waals surface area contributed by atoms with E-state index in [1.165, 1.54) is 7.11 Å². The van der Waals surface area contributed by atoms with Gasteiger partial charge in [0.05, 0.1) is 12.7 Å². The van der Waals surface area contributed by atoms with E-state index in [0.29, 0.717) is 37.2 Å². The van der Waals surface area contributed by atoms with E-state index in [4.69, 9.17) is 0 Å². The van der Waals surface area contributed by atoms with Crippen molar-refractivity contribution >= 4 is 23.5 Å². The predicted octanol–water partition coefficient (Wildman–Crippen LogP) is 0.966. The first-order valence-electron chi connectivity index (χ1n) is 8.44. The molecule has 0 radical (unpaired) electrons. The molecule has 2 fully saturated rings. The fraction of sp³-hybridized carbons (Fsp3) is 0.500. The molecule has 2 aliphatic rings. The summed E-state index contributed by atoms with van der Waals surface area (Å²) in [6, 6.07) is 6.54. The summed E-state index contributed by atoms with van der Waals surface area (Å²) in [6.07, 6.45) is 1.14. The number of methoxy groups -OCH3 is 1. The van der Waals surface area contributed by atoms with Gasteiger partial charge in [-0.1, -0.05) is 6.07 Å². The highest BCUT2D eigenvalue weighted by molar-refractivity contribution is 6.13. The molecule has 0 atom stereocenters. The van der Waals surface area contributed by atoms with Gasteiger partial charge in [-0.2, -0.15) is 0 Å². The number of rotatable bonds is 4. The Morgan fingerprint density at radius 3 is 2.40 bits per heavy atom. The smallest absolute Gasteiger partial charge is 0.337 e. The topological polar surface area (TPSA) is 78.9 Å². The van der Waals surface area contributed by atoms with Gasteiger partial charge in [0, 0.05) is 31.9 Å². The Hall–Kier alpha value is -2.41. The summed E-state index contributed by atoms with van der Waals surface area (Å²) in [5.74, 6) is -0.841. The number of ether oxygens (including phenoxy) is 1. The minimum absolute atomic E-state index is 0.0813. The minimum atomic E-state index is -0.947. The number of hydrogen-bond donors (Lipinski definition) is 1. The number of nitrogens with zero attached hydrogens (tertiary/aromatic N) is 2. The first-order chi connectivity index (χ1) is 12.0. The number of amides is 2. The Kier molecular flexibility index (Phi) is 4.76. The molecule has 1 heterocycles. The fourth-order valence-electron chi connectivity index (χ4n) is 3.07. The number of esters is 1. The zero-order valence-electron chi connectivity index (χ0n) is 14.6. The lowest BCUT2D eigenvalue weighted by Crippen LogP contribution is -2.51. The molecule has 2 amide bonds. The number of carbonyl (C=O) groups is 3. The first-order valence-corrected chi connectivity index (χ1v) is 8.44. The van der Waals surface area contributed by atoms with Crippen LogP contribution in [0.2, 0.25) is 0 Å². The van der Waals surface area contributed by atoms with E-state index in [1.54, 1.807) is 29.2 Å². The van der Waals surface area contributed by atoms with Crippen molar-refractivity contribution in [2.24, 2.45) is 5.41 Å². The van der Waals surface area contributed by atoms with E-state index in [1.807, 2.05) is 7.05 Å². The van der Waals surface area contributed by atoms with Gasteiger partial charge < -0.3 is 19.9 Å². The lowest BCUT2D eigenvalue weighted by molar-refractivity contribution is -0.143. The van der Waals surface area contributed by atoms with Crippen molar-refractivity contribution in [2.75, 3.05) is 45.7 Å². The Labute approximate surface area is 146 Å². The van der Waals surface area contributed by atoms with Crippen LogP contribution in [0, 0.1) is 5.41 Å². The van der Waals surface area contributed by atoms with Crippen LogP contribution in [0.25, 0.3) is 0 Å². The van der Waals surface area contributed by atoms with Crippen LogP contribution in [0.1, 0.15) is 23.2 Å². The summed E-state index contributed by atoms with van der Waals surface area (Å²) >= 11 is 0. The predicted molar refractivity (Wildman–Crippen MR) is 92.2 cm³/mol. The number of anilines is 1. The third-order valence-electron chi connectivity index (χ3n) is 4.93. The van der Waals surface area contributed by atoms with Crippen molar-refractivity contribution in [1.29, 1.82) is 0 Å². The lowest BCUT2D eigenvalue weighted by atomic mass is 10.0. The summed E-state index contributed by atoms with van der Waals surface area (Å²) in [5.41, 5.74) is -0.0992. The zero-order chi connectivity index (χ0) is 18.0. The lowest BCUT2D eigenvalue weighted by Gasteiger charge is -2.34. The summed E-state index contributed by atoms with van der Waals surface area (Å²) in [7, 11) is 3.33. The standard InChI is InChI=1S/C18H23N3O4/c1-20-8-10-21(11-9-20)17(24)18(6-7-18)16(23)19-14-5-3-4-13(12-14)15(22)25-2/h3-5,12H,6-11H2,1-2H3,(H,19,23). The molecule has 1 N–H and O–H groups in total. The second kappa shape index (κ2) is 6.84. The van der Waals surface area contributed by atoms with Crippen LogP contribution in [0.4, 0.5) is 5.69 Å². The van der Waals surface area contributed by atoms with Gasteiger partial charge in [-0.3, -0.25) is 9.59 Å². The largest absolute Gasteiger partial charge is 0.465 e. The van der Waals surface area contributed by atoms with Gasteiger partial charge in [-0.15, -0.1) is 0 Å². The van der Waals surface area contributed by atoms with E-state index < -0.39 is 11.4 Å². The molecule has 1 aliphatic carbocycles. The van der Waals surface area contributed by atoms with E-state index in [9.17, 15) is 14.4 Å². The molecule has 7 nitrogen and oxygen atoms in total. The molecule has 134 valence electrons. The Morgan fingerprint density at radius 2 is 1.80 bits per heavy atom. The summed E-state index contributed by atoms with van der Waals surface area (Å²) in [5, 5.41) is 2.79. The maximum Gasteiger partial charge on any atom is 0.337 e. The van der Waals surface area contributed by atoms with E-state index in [-0.39, 0.29) is 11.8 Å². The minimum Gasteiger partial charge on any atom is -0.465 e. The van der Waals surface area contributed by atoms with Crippen LogP contribution in [0.15, 0.2) is 24.3 Å². The third-order valence-corrected chi connectivity index (χ3v) is 4.93. The Morgan fingerprint density at radius 1 is 1.12 bits per heavy atom. The molecular weight excluding hydrogens is 322 g/mol. The number of piperazine rings is 1. The molecule has 25 heavy (non-hydrogen) atoms. The number of benzene rings is 1. The molecule has 0 unspecified atom stereocenters. The van der Waals surface area contributed by atoms with Crippen LogP contribution in [-0.4, -0.2) is 67.9 Å². The monoisotopic (exact) mass is 345 g/mol. The molecule has 1 saturated carbocycles. The van der Waals surface area contributed by atoms with E-state index in [2.05, 4.69) is 15.0 Å². The molecule has 1 aromatic carbocycles. The second-order valence-corrected chi connectivity index (χ2v) is 6.70. The number of carbonyl (C=O) groups excluding carboxylic acids is 3. The van der Waals surface area contributed by atoms with Crippen LogP contribution >= 0.6 is 0 Å². The van der Waals surface area contributed by atoms with Gasteiger partial charge in [0.2, 0.25) is 11.8 Å². The van der Waals surface area contributed by atoms with Gasteiger partial charge in [0.25, 0.3) is 0 Å². The number of likely N-dealkylation sites (N-methyl/N-ethyl adjacent to an activating group) is 1. The van der Waals surface area contributed by atoms with Crippen molar-refractivity contribution in [2.45, 2.75) is 12.8 Å². The van der Waals surface area contributed by atoms with Crippen LogP contribution in [0.5, 0.6) is 0 Å². The summed E-state index contributed by atoms with van der Waals surface area (Å²) in [4.78, 5) is 41.1. The quantitative estimate of drug-likeness (QED) is 0.650. The van der Waals surface area contributed by atoms with E-state index >= 15 is 0 Å². The summed E-state index contributed by atoms with van der Waals surface area (Å²) < 4.78 is 4.69. The van der Waals surface area contributed by atoms with Crippen LogP contribution in [-0.2, 0) is 14.3 Å². The molecule has 0 spiro atoms. The average Bonchev–Trinajstić information content (AvgIpc) is 3.43.